The third-order valence-electron chi connectivity index (χ3n) is 4.77. The molecule has 0 saturated carbocycles. The molecule has 1 aliphatic rings. The predicted octanol–water partition coefficient (Wildman–Crippen LogP) is 2.96. The second-order valence-electron chi connectivity index (χ2n) is 7.95. The van der Waals surface area contributed by atoms with E-state index in [-0.39, 0.29) is 24.8 Å². The van der Waals surface area contributed by atoms with Crippen molar-refractivity contribution in [1.29, 1.82) is 0 Å². The van der Waals surface area contributed by atoms with Gasteiger partial charge in [0.1, 0.15) is 6.10 Å². The first-order chi connectivity index (χ1) is 15.8. The lowest BCUT2D eigenvalue weighted by Crippen LogP contribution is -2.38. The lowest BCUT2D eigenvalue weighted by molar-refractivity contribution is -0.117. The van der Waals surface area contributed by atoms with Crippen LogP contribution in [0.5, 0.6) is 0 Å². The van der Waals surface area contributed by atoms with Gasteiger partial charge in [0.2, 0.25) is 5.91 Å². The van der Waals surface area contributed by atoms with Crippen LogP contribution in [0.15, 0.2) is 96.7 Å². The molecule has 6 heteroatoms. The molecule has 0 unspecified atom stereocenters. The van der Waals surface area contributed by atoms with E-state index in [2.05, 4.69) is 5.32 Å². The van der Waals surface area contributed by atoms with Crippen molar-refractivity contribution in [2.45, 2.75) is 63.6 Å². The van der Waals surface area contributed by atoms with Crippen molar-refractivity contribution in [2.75, 3.05) is 0 Å². The van der Waals surface area contributed by atoms with E-state index >= 15 is 0 Å². The van der Waals surface area contributed by atoms with Gasteiger partial charge in [-0.2, -0.15) is 0 Å². The van der Waals surface area contributed by atoms with Crippen molar-refractivity contribution < 1.29 is 25.2 Å². The molecule has 1 amide bonds. The summed E-state index contributed by atoms with van der Waals surface area (Å²) in [5, 5.41) is 43.1. The minimum absolute atomic E-state index is 0.000138. The molecule has 0 fully saturated rings. The van der Waals surface area contributed by atoms with Gasteiger partial charge in [0.15, 0.2) is 0 Å². The number of hydrogen-bond acceptors (Lipinski definition) is 5. The highest BCUT2D eigenvalue weighted by Crippen LogP contribution is 2.11. The minimum atomic E-state index is -1.38. The Labute approximate surface area is 197 Å². The highest BCUT2D eigenvalue weighted by molar-refractivity contribution is 5.87. The van der Waals surface area contributed by atoms with Crippen LogP contribution in [0, 0.1) is 0 Å². The van der Waals surface area contributed by atoms with Crippen molar-refractivity contribution in [3.8, 4) is 0 Å². The number of hydrogen-bond donors (Lipinski definition) is 5. The molecule has 0 bridgehead atoms. The normalized spacial score (nSPS) is 37.5. The highest BCUT2D eigenvalue weighted by Gasteiger charge is 2.25. The van der Waals surface area contributed by atoms with E-state index in [0.29, 0.717) is 6.42 Å². The molecule has 5 atom stereocenters. The molecule has 6 nitrogen and oxygen atoms in total. The number of aliphatic hydroxyl groups is 4. The average Bonchev–Trinajstić information content (AvgIpc) is 2.76. The van der Waals surface area contributed by atoms with Crippen LogP contribution in [-0.2, 0) is 4.79 Å². The lowest BCUT2D eigenvalue weighted by atomic mass is 10.00. The van der Waals surface area contributed by atoms with E-state index in [1.54, 1.807) is 42.5 Å². The zero-order chi connectivity index (χ0) is 24.5. The third kappa shape index (κ3) is 14.1. The number of nitrogens with one attached hydrogen (secondary N) is 1. The highest BCUT2D eigenvalue weighted by atomic mass is 16.4. The van der Waals surface area contributed by atoms with Gasteiger partial charge in [-0.05, 0) is 26.7 Å². The van der Waals surface area contributed by atoms with Crippen molar-refractivity contribution in [3.05, 3.63) is 96.7 Å². The van der Waals surface area contributed by atoms with Gasteiger partial charge in [0.25, 0.3) is 0 Å². The number of rotatable bonds is 0. The summed E-state index contributed by atoms with van der Waals surface area (Å²) in [7, 11) is 0. The van der Waals surface area contributed by atoms with Gasteiger partial charge in [-0.3, -0.25) is 4.79 Å². The van der Waals surface area contributed by atoms with Crippen LogP contribution in [0.3, 0.4) is 0 Å². The molecule has 0 spiro atoms. The molecule has 0 aromatic heterocycles. The summed E-state index contributed by atoms with van der Waals surface area (Å²) in [6.07, 6.45) is 22.2. The molecule has 33 heavy (non-hydrogen) atoms. The Morgan fingerprint density at radius 2 is 1.42 bits per heavy atom. The second kappa shape index (κ2) is 16.8. The standard InChI is InChI=1S/C27H37NO5/c1-21-14-8-6-7-9-16-22(2)28-26(32)19-11-5-3-4-10-18-24(30)27(33)25(31)20-23(29)17-13-12-15-21/h3-15,17,19,22-25,27,29-31,33H,16,18,20H2,1-2H3,(H,28,32)/b5-3-,8-6-,9-7-,10-4-,15-12-,17-13+,19-11-,21-14-/t22-,23-,24+,25-,27-/m0/s1. The van der Waals surface area contributed by atoms with Gasteiger partial charge in [0, 0.05) is 18.5 Å². The summed E-state index contributed by atoms with van der Waals surface area (Å²) in [5.41, 5.74) is 1.01. The molecule has 5 N–H and O–H groups in total. The lowest BCUT2D eigenvalue weighted by Gasteiger charge is -2.23. The minimum Gasteiger partial charge on any atom is -0.390 e. The molecule has 1 aliphatic heterocycles. The molecule has 0 aliphatic carbocycles. The first kappa shape index (κ1) is 28.3. The zero-order valence-electron chi connectivity index (χ0n) is 19.4. The molecular formula is C27H37NO5. The van der Waals surface area contributed by atoms with Gasteiger partial charge in [0.05, 0.1) is 18.3 Å². The van der Waals surface area contributed by atoms with Crippen LogP contribution in [0.1, 0.15) is 33.1 Å². The third-order valence-corrected chi connectivity index (χ3v) is 4.77. The first-order valence-corrected chi connectivity index (χ1v) is 11.2. The summed E-state index contributed by atoms with van der Waals surface area (Å²) in [6.45, 7) is 3.88. The molecule has 1 heterocycles. The fourth-order valence-corrected chi connectivity index (χ4v) is 2.87. The van der Waals surface area contributed by atoms with E-state index in [4.69, 9.17) is 0 Å². The number of carbonyl (C=O) groups excluding carboxylic acids is 1. The number of amides is 1. The van der Waals surface area contributed by atoms with E-state index < -0.39 is 24.4 Å². The van der Waals surface area contributed by atoms with Gasteiger partial charge >= 0.3 is 0 Å². The average molecular weight is 456 g/mol. The maximum atomic E-state index is 11.9. The van der Waals surface area contributed by atoms with Crippen molar-refractivity contribution in [1.82, 2.24) is 5.32 Å². The smallest absolute Gasteiger partial charge is 0.244 e. The van der Waals surface area contributed by atoms with Crippen LogP contribution >= 0.6 is 0 Å². The Kier molecular flexibility index (Phi) is 14.4. The largest absolute Gasteiger partial charge is 0.390 e. The molecule has 0 aromatic rings. The summed E-state index contributed by atoms with van der Waals surface area (Å²) in [4.78, 5) is 11.9. The van der Waals surface area contributed by atoms with Crippen LogP contribution in [-0.4, -0.2) is 56.8 Å². The second-order valence-corrected chi connectivity index (χ2v) is 7.95. The Morgan fingerprint density at radius 1 is 0.788 bits per heavy atom. The van der Waals surface area contributed by atoms with Crippen molar-refractivity contribution in [2.24, 2.45) is 0 Å². The van der Waals surface area contributed by atoms with Gasteiger partial charge < -0.3 is 25.7 Å². The van der Waals surface area contributed by atoms with Gasteiger partial charge in [-0.1, -0.05) is 90.6 Å². The topological polar surface area (TPSA) is 110 Å². The van der Waals surface area contributed by atoms with E-state index in [9.17, 15) is 25.2 Å². The van der Waals surface area contributed by atoms with Crippen LogP contribution in [0.4, 0.5) is 0 Å². The molecule has 180 valence electrons. The Balaban J connectivity index is 2.86. The summed E-state index contributed by atoms with van der Waals surface area (Å²) < 4.78 is 0. The van der Waals surface area contributed by atoms with E-state index in [0.717, 1.165) is 5.57 Å². The Morgan fingerprint density at radius 3 is 2.18 bits per heavy atom. The van der Waals surface area contributed by atoms with Gasteiger partial charge in [-0.15, -0.1) is 0 Å². The molecular weight excluding hydrogens is 418 g/mol. The van der Waals surface area contributed by atoms with Gasteiger partial charge in [-0.25, -0.2) is 0 Å². The predicted molar refractivity (Wildman–Crippen MR) is 133 cm³/mol. The maximum Gasteiger partial charge on any atom is 0.244 e. The quantitative estimate of drug-likeness (QED) is 0.386. The monoisotopic (exact) mass is 455 g/mol. The van der Waals surface area contributed by atoms with E-state index in [1.165, 1.54) is 12.2 Å². The zero-order valence-corrected chi connectivity index (χ0v) is 19.4. The van der Waals surface area contributed by atoms with Crippen molar-refractivity contribution >= 4 is 5.91 Å². The SMILES string of the molecule is CC1=C/C=C\C=C/C[C@H](C)NC(=O)\C=C/C=C\C=C/C[C@@H](O)[C@H](O)[C@@H](O)C[C@@H](O)/C=C/C=C\1. The maximum absolute atomic E-state index is 11.9. The number of carbonyl (C=O) groups is 1. The van der Waals surface area contributed by atoms with Crippen LogP contribution in [0.25, 0.3) is 0 Å². The summed E-state index contributed by atoms with van der Waals surface area (Å²) in [5.74, 6) is -0.185. The van der Waals surface area contributed by atoms with Crippen LogP contribution in [0.2, 0.25) is 0 Å². The summed E-state index contributed by atoms with van der Waals surface area (Å²) >= 11 is 0. The molecule has 1 rings (SSSR count). The van der Waals surface area contributed by atoms with Crippen LogP contribution < -0.4 is 5.32 Å². The summed E-state index contributed by atoms with van der Waals surface area (Å²) in [6, 6.07) is -0.000138. The first-order valence-electron chi connectivity index (χ1n) is 11.2. The Hall–Kier alpha value is -2.77. The fourth-order valence-electron chi connectivity index (χ4n) is 2.87. The molecule has 0 saturated heterocycles. The van der Waals surface area contributed by atoms with E-state index in [1.807, 2.05) is 50.3 Å². The molecule has 0 radical (unpaired) electrons. The fraction of sp³-hybridized carbons (Fsp3) is 0.370. The van der Waals surface area contributed by atoms with Crippen molar-refractivity contribution in [3.63, 3.8) is 0 Å². The number of aliphatic hydroxyl groups excluding tert-OH is 4. The molecule has 0 aromatic carbocycles. The Bertz CT molecular complexity index is 816. The number of allylic oxidation sites excluding steroid dienone is 12.